The summed E-state index contributed by atoms with van der Waals surface area (Å²) in [5.41, 5.74) is 0.385. The first-order valence-corrected chi connectivity index (χ1v) is 10.7. The molecule has 0 aromatic heterocycles. The number of fused-ring (bicyclic) bond motifs is 1. The number of hydrogen-bond donors (Lipinski definition) is 0. The van der Waals surface area contributed by atoms with Crippen LogP contribution in [-0.2, 0) is 12.6 Å². The molecule has 0 bridgehead atoms. The Morgan fingerprint density at radius 1 is 1.03 bits per heavy atom. The van der Waals surface area contributed by atoms with Gasteiger partial charge in [-0.05, 0) is 59.5 Å². The average molecular weight is 494 g/mol. The number of benzene rings is 3. The molecule has 9 heteroatoms. The standard InChI is InChI=1S/C25H20ClF4NO3/c1-33-20-12-14-9-10-31(24(32)22-18(26)7-4-8-19(22)27)23(17(14)13-21(20)34-2)15-5-3-6-16(11-15)25(28,29)30/h3-8,11-13,23H,9-10H2,1-2H3/t23-/m0/s1. The van der Waals surface area contributed by atoms with Crippen LogP contribution in [0, 0.1) is 5.82 Å². The molecule has 0 N–H and O–H groups in total. The van der Waals surface area contributed by atoms with Crippen LogP contribution in [-0.4, -0.2) is 31.6 Å². The van der Waals surface area contributed by atoms with Gasteiger partial charge in [-0.1, -0.05) is 29.8 Å². The number of rotatable bonds is 4. The molecule has 1 aliphatic heterocycles. The molecule has 0 saturated heterocycles. The molecule has 1 heterocycles. The van der Waals surface area contributed by atoms with E-state index in [1.54, 1.807) is 12.1 Å². The van der Waals surface area contributed by atoms with Gasteiger partial charge in [0, 0.05) is 6.54 Å². The van der Waals surface area contributed by atoms with Crippen molar-refractivity contribution in [1.82, 2.24) is 4.90 Å². The first-order chi connectivity index (χ1) is 16.2. The van der Waals surface area contributed by atoms with E-state index in [4.69, 9.17) is 21.1 Å². The Morgan fingerprint density at radius 2 is 1.71 bits per heavy atom. The predicted octanol–water partition coefficient (Wildman–Crippen LogP) is 6.30. The minimum absolute atomic E-state index is 0.0779. The predicted molar refractivity (Wildman–Crippen MR) is 119 cm³/mol. The van der Waals surface area contributed by atoms with Crippen LogP contribution >= 0.6 is 11.6 Å². The quantitative estimate of drug-likeness (QED) is 0.400. The summed E-state index contributed by atoms with van der Waals surface area (Å²) in [5, 5.41) is -0.0779. The minimum Gasteiger partial charge on any atom is -0.493 e. The average Bonchev–Trinajstić information content (AvgIpc) is 2.81. The van der Waals surface area contributed by atoms with E-state index < -0.39 is 29.5 Å². The van der Waals surface area contributed by atoms with Gasteiger partial charge >= 0.3 is 6.18 Å². The van der Waals surface area contributed by atoms with E-state index in [1.165, 1.54) is 43.4 Å². The molecule has 1 amide bonds. The van der Waals surface area contributed by atoms with E-state index in [-0.39, 0.29) is 22.7 Å². The highest BCUT2D eigenvalue weighted by atomic mass is 35.5. The van der Waals surface area contributed by atoms with Crippen molar-refractivity contribution in [2.75, 3.05) is 20.8 Å². The molecule has 0 spiro atoms. The zero-order valence-corrected chi connectivity index (χ0v) is 19.0. The zero-order valence-electron chi connectivity index (χ0n) is 18.2. The summed E-state index contributed by atoms with van der Waals surface area (Å²) in [4.78, 5) is 14.9. The maximum absolute atomic E-state index is 14.6. The topological polar surface area (TPSA) is 38.8 Å². The Balaban J connectivity index is 1.92. The third kappa shape index (κ3) is 4.30. The van der Waals surface area contributed by atoms with E-state index in [0.29, 0.717) is 23.5 Å². The van der Waals surface area contributed by atoms with E-state index in [0.717, 1.165) is 23.8 Å². The fraction of sp³-hybridized carbons (Fsp3) is 0.240. The summed E-state index contributed by atoms with van der Waals surface area (Å²) in [6.45, 7) is 0.132. The SMILES string of the molecule is COc1cc2c(cc1OC)[C@H](c1cccc(C(F)(F)F)c1)N(C(=O)c1c(F)cccc1Cl)CC2. The maximum Gasteiger partial charge on any atom is 0.416 e. The Bertz CT molecular complexity index is 1230. The lowest BCUT2D eigenvalue weighted by Gasteiger charge is -2.38. The highest BCUT2D eigenvalue weighted by Gasteiger charge is 2.37. The normalized spacial score (nSPS) is 15.6. The van der Waals surface area contributed by atoms with Gasteiger partial charge in [-0.15, -0.1) is 0 Å². The lowest BCUT2D eigenvalue weighted by atomic mass is 9.86. The number of halogens is 5. The van der Waals surface area contributed by atoms with Crippen molar-refractivity contribution in [2.45, 2.75) is 18.6 Å². The van der Waals surface area contributed by atoms with E-state index >= 15 is 0 Å². The van der Waals surface area contributed by atoms with Gasteiger partial charge in [-0.3, -0.25) is 4.79 Å². The summed E-state index contributed by atoms with van der Waals surface area (Å²) in [6, 6.07) is 11.1. The molecule has 1 atom stereocenters. The molecule has 0 radical (unpaired) electrons. The van der Waals surface area contributed by atoms with Crippen LogP contribution in [0.3, 0.4) is 0 Å². The van der Waals surface area contributed by atoms with Gasteiger partial charge in [0.15, 0.2) is 11.5 Å². The molecule has 4 nitrogen and oxygen atoms in total. The van der Waals surface area contributed by atoms with Crippen molar-refractivity contribution >= 4 is 17.5 Å². The van der Waals surface area contributed by atoms with Crippen molar-refractivity contribution in [2.24, 2.45) is 0 Å². The Morgan fingerprint density at radius 3 is 2.35 bits per heavy atom. The van der Waals surface area contributed by atoms with Crippen molar-refractivity contribution in [3.05, 3.63) is 93.3 Å². The molecule has 34 heavy (non-hydrogen) atoms. The van der Waals surface area contributed by atoms with E-state index in [1.807, 2.05) is 0 Å². The molecule has 3 aromatic rings. The van der Waals surface area contributed by atoms with Gasteiger partial charge in [0.2, 0.25) is 0 Å². The summed E-state index contributed by atoms with van der Waals surface area (Å²) >= 11 is 6.14. The van der Waals surface area contributed by atoms with E-state index in [2.05, 4.69) is 0 Å². The Hall–Kier alpha value is -3.26. The van der Waals surface area contributed by atoms with Crippen LogP contribution < -0.4 is 9.47 Å². The molecular weight excluding hydrogens is 474 g/mol. The highest BCUT2D eigenvalue weighted by molar-refractivity contribution is 6.33. The van der Waals surface area contributed by atoms with Crippen LogP contribution in [0.1, 0.15) is 38.7 Å². The number of nitrogens with zero attached hydrogens (tertiary/aromatic N) is 1. The Labute approximate surface area is 198 Å². The first-order valence-electron chi connectivity index (χ1n) is 10.3. The number of hydrogen-bond acceptors (Lipinski definition) is 3. The maximum atomic E-state index is 14.6. The summed E-state index contributed by atoms with van der Waals surface area (Å²) in [6.07, 6.45) is -4.20. The number of amides is 1. The van der Waals surface area contributed by atoms with Gasteiger partial charge in [0.1, 0.15) is 5.82 Å². The second-order valence-electron chi connectivity index (χ2n) is 7.78. The van der Waals surface area contributed by atoms with Gasteiger partial charge in [0.25, 0.3) is 5.91 Å². The largest absolute Gasteiger partial charge is 0.493 e. The van der Waals surface area contributed by atoms with Gasteiger partial charge in [0.05, 0.1) is 36.4 Å². The third-order valence-electron chi connectivity index (χ3n) is 5.84. The van der Waals surface area contributed by atoms with Crippen LogP contribution in [0.5, 0.6) is 11.5 Å². The molecule has 178 valence electrons. The lowest BCUT2D eigenvalue weighted by Crippen LogP contribution is -2.41. The first kappa shape index (κ1) is 23.9. The molecular formula is C25H20ClF4NO3. The summed E-state index contributed by atoms with van der Waals surface area (Å²) in [7, 11) is 2.92. The smallest absolute Gasteiger partial charge is 0.416 e. The molecule has 0 aliphatic carbocycles. The highest BCUT2D eigenvalue weighted by Crippen LogP contribution is 2.43. The van der Waals surface area contributed by atoms with Crippen LogP contribution in [0.25, 0.3) is 0 Å². The molecule has 3 aromatic carbocycles. The monoisotopic (exact) mass is 493 g/mol. The zero-order chi connectivity index (χ0) is 24.6. The second-order valence-corrected chi connectivity index (χ2v) is 8.18. The van der Waals surface area contributed by atoms with Crippen LogP contribution in [0.15, 0.2) is 54.6 Å². The molecule has 4 rings (SSSR count). The minimum atomic E-state index is -4.57. The van der Waals surface area contributed by atoms with Crippen LogP contribution in [0.4, 0.5) is 17.6 Å². The number of ether oxygens (including phenoxy) is 2. The van der Waals surface area contributed by atoms with Crippen molar-refractivity contribution in [1.29, 1.82) is 0 Å². The van der Waals surface area contributed by atoms with Gasteiger partial charge in [-0.2, -0.15) is 13.2 Å². The van der Waals surface area contributed by atoms with Gasteiger partial charge in [-0.25, -0.2) is 4.39 Å². The fourth-order valence-electron chi connectivity index (χ4n) is 4.25. The Kier molecular flexibility index (Phi) is 6.45. The van der Waals surface area contributed by atoms with Gasteiger partial charge < -0.3 is 14.4 Å². The van der Waals surface area contributed by atoms with E-state index in [9.17, 15) is 22.4 Å². The molecule has 0 fully saturated rings. The van der Waals surface area contributed by atoms with Crippen molar-refractivity contribution in [3.8, 4) is 11.5 Å². The second kappa shape index (κ2) is 9.18. The molecule has 0 unspecified atom stereocenters. The number of methoxy groups -OCH3 is 2. The van der Waals surface area contributed by atoms with Crippen molar-refractivity contribution in [3.63, 3.8) is 0 Å². The van der Waals surface area contributed by atoms with Crippen molar-refractivity contribution < 1.29 is 31.8 Å². The number of carbonyl (C=O) groups excluding carboxylic acids is 1. The number of carbonyl (C=O) groups is 1. The summed E-state index contributed by atoms with van der Waals surface area (Å²) in [5.74, 6) is -0.707. The van der Waals surface area contributed by atoms with Crippen LogP contribution in [0.2, 0.25) is 5.02 Å². The fourth-order valence-corrected chi connectivity index (χ4v) is 4.50. The molecule has 0 saturated carbocycles. The molecule has 1 aliphatic rings. The summed E-state index contributed by atoms with van der Waals surface area (Å²) < 4.78 is 65.8. The third-order valence-corrected chi connectivity index (χ3v) is 6.16. The lowest BCUT2D eigenvalue weighted by molar-refractivity contribution is -0.137. The number of alkyl halides is 3.